The summed E-state index contributed by atoms with van der Waals surface area (Å²) in [6, 6.07) is 8.75. The van der Waals surface area contributed by atoms with Crippen molar-refractivity contribution in [2.45, 2.75) is 0 Å². The van der Waals surface area contributed by atoms with Gasteiger partial charge in [-0.05, 0) is 18.2 Å². The number of carbonyl (C=O) groups is 1. The van der Waals surface area contributed by atoms with Gasteiger partial charge in [-0.2, -0.15) is 5.26 Å². The van der Waals surface area contributed by atoms with Crippen molar-refractivity contribution in [3.8, 4) is 6.07 Å². The Bertz CT molecular complexity index is 666. The summed E-state index contributed by atoms with van der Waals surface area (Å²) < 4.78 is 0. The number of hydrogen-bond donors (Lipinski definition) is 0. The normalized spacial score (nSPS) is 9.74. The monoisotopic (exact) mass is 272 g/mol. The molecule has 94 valence electrons. The van der Waals surface area contributed by atoms with Gasteiger partial charge in [0, 0.05) is 12.7 Å². The molecular weight excluding hydrogens is 264 g/mol. The van der Waals surface area contributed by atoms with Crippen LogP contribution in [-0.4, -0.2) is 22.9 Å². The van der Waals surface area contributed by atoms with Gasteiger partial charge < -0.3 is 4.90 Å². The molecule has 0 radical (unpaired) electrons. The number of nitrogens with zero attached hydrogens (tertiary/aromatic N) is 4. The van der Waals surface area contributed by atoms with Crippen LogP contribution >= 0.6 is 11.6 Å². The maximum Gasteiger partial charge on any atom is 0.278 e. The Labute approximate surface area is 115 Å². The van der Waals surface area contributed by atoms with Gasteiger partial charge in [-0.3, -0.25) is 9.78 Å². The van der Waals surface area contributed by atoms with E-state index in [1.807, 2.05) is 6.07 Å². The summed E-state index contributed by atoms with van der Waals surface area (Å²) in [5.41, 5.74) is 1.23. The summed E-state index contributed by atoms with van der Waals surface area (Å²) in [4.78, 5) is 21.3. The predicted molar refractivity (Wildman–Crippen MR) is 70.9 cm³/mol. The van der Waals surface area contributed by atoms with Gasteiger partial charge in [-0.15, -0.1) is 0 Å². The number of hydrogen-bond acceptors (Lipinski definition) is 4. The molecule has 1 aromatic carbocycles. The van der Waals surface area contributed by atoms with Gasteiger partial charge in [-0.25, -0.2) is 4.98 Å². The van der Waals surface area contributed by atoms with Gasteiger partial charge in [0.2, 0.25) is 0 Å². The molecule has 1 aromatic heterocycles. The fraction of sp³-hybridized carbons (Fsp3) is 0.0769. The first kappa shape index (κ1) is 13.0. The van der Waals surface area contributed by atoms with E-state index in [1.54, 1.807) is 31.3 Å². The number of amides is 1. The Morgan fingerprint density at radius 1 is 1.42 bits per heavy atom. The molecule has 0 aliphatic rings. The number of halogens is 1. The number of rotatable bonds is 2. The molecule has 0 N–H and O–H groups in total. The number of aromatic nitrogens is 2. The highest BCUT2D eigenvalue weighted by Gasteiger charge is 2.15. The third kappa shape index (κ3) is 2.87. The molecule has 2 rings (SSSR count). The first-order valence-corrected chi connectivity index (χ1v) is 5.75. The van der Waals surface area contributed by atoms with Crippen molar-refractivity contribution in [2.24, 2.45) is 0 Å². The highest BCUT2D eigenvalue weighted by Crippen LogP contribution is 2.16. The smallest absolute Gasteiger partial charge is 0.278 e. The molecule has 0 bridgehead atoms. The fourth-order valence-corrected chi connectivity index (χ4v) is 1.67. The molecule has 0 unspecified atom stereocenters. The van der Waals surface area contributed by atoms with Crippen LogP contribution in [-0.2, 0) is 0 Å². The zero-order valence-corrected chi connectivity index (χ0v) is 10.8. The average molecular weight is 273 g/mol. The van der Waals surface area contributed by atoms with Crippen LogP contribution < -0.4 is 4.90 Å². The molecule has 0 atom stereocenters. The summed E-state index contributed by atoms with van der Waals surface area (Å²) in [7, 11) is 1.60. The standard InChI is InChI=1S/C13H9ClN4O/c1-18(10-4-2-3-9(5-10)6-15)13(19)11-7-16-8-12(14)17-11/h2-5,7-8H,1H3. The van der Waals surface area contributed by atoms with E-state index in [0.29, 0.717) is 11.3 Å². The van der Waals surface area contributed by atoms with Crippen molar-refractivity contribution in [3.05, 3.63) is 53.1 Å². The van der Waals surface area contributed by atoms with E-state index in [-0.39, 0.29) is 16.8 Å². The molecule has 2 aromatic rings. The maximum absolute atomic E-state index is 12.2. The lowest BCUT2D eigenvalue weighted by atomic mass is 10.2. The van der Waals surface area contributed by atoms with Gasteiger partial charge in [-0.1, -0.05) is 17.7 Å². The second-order valence-electron chi connectivity index (χ2n) is 3.75. The SMILES string of the molecule is CN(C(=O)c1cncc(Cl)n1)c1cccc(C#N)c1. The third-order valence-electron chi connectivity index (χ3n) is 2.49. The Balaban J connectivity index is 2.31. The summed E-state index contributed by atoms with van der Waals surface area (Å²) in [6.45, 7) is 0. The summed E-state index contributed by atoms with van der Waals surface area (Å²) in [6.07, 6.45) is 2.70. The lowest BCUT2D eigenvalue weighted by molar-refractivity contribution is 0.0988. The van der Waals surface area contributed by atoms with Crippen molar-refractivity contribution >= 4 is 23.2 Å². The molecule has 5 nitrogen and oxygen atoms in total. The third-order valence-corrected chi connectivity index (χ3v) is 2.67. The summed E-state index contributed by atoms with van der Waals surface area (Å²) in [5.74, 6) is -0.343. The topological polar surface area (TPSA) is 69.9 Å². The molecule has 0 saturated carbocycles. The van der Waals surface area contributed by atoms with Crippen LogP contribution in [0.3, 0.4) is 0 Å². The molecule has 0 aliphatic carbocycles. The molecular formula is C13H9ClN4O. The number of carbonyl (C=O) groups excluding carboxylic acids is 1. The van der Waals surface area contributed by atoms with Crippen LogP contribution in [0.15, 0.2) is 36.7 Å². The second-order valence-corrected chi connectivity index (χ2v) is 4.14. The van der Waals surface area contributed by atoms with Gasteiger partial charge in [0.15, 0.2) is 0 Å². The number of benzene rings is 1. The maximum atomic E-state index is 12.2. The van der Waals surface area contributed by atoms with Gasteiger partial charge >= 0.3 is 0 Å². The molecule has 1 heterocycles. The van der Waals surface area contributed by atoms with E-state index >= 15 is 0 Å². The highest BCUT2D eigenvalue weighted by atomic mass is 35.5. The Morgan fingerprint density at radius 3 is 2.89 bits per heavy atom. The molecule has 0 saturated heterocycles. The molecule has 6 heteroatoms. The zero-order valence-electron chi connectivity index (χ0n) is 10.0. The van der Waals surface area contributed by atoms with Crippen LogP contribution in [0, 0.1) is 11.3 Å². The number of anilines is 1. The minimum absolute atomic E-state index is 0.150. The number of nitriles is 1. The van der Waals surface area contributed by atoms with Crippen molar-refractivity contribution in [1.82, 2.24) is 9.97 Å². The first-order valence-electron chi connectivity index (χ1n) is 5.37. The van der Waals surface area contributed by atoms with E-state index in [1.165, 1.54) is 17.3 Å². The van der Waals surface area contributed by atoms with Crippen molar-refractivity contribution in [2.75, 3.05) is 11.9 Å². The lowest BCUT2D eigenvalue weighted by Gasteiger charge is -2.16. The van der Waals surface area contributed by atoms with Crippen molar-refractivity contribution < 1.29 is 4.79 Å². The van der Waals surface area contributed by atoms with Crippen LogP contribution in [0.25, 0.3) is 0 Å². The molecule has 1 amide bonds. The van der Waals surface area contributed by atoms with Crippen molar-refractivity contribution in [3.63, 3.8) is 0 Å². The molecule has 0 spiro atoms. The Hall–Kier alpha value is -2.45. The molecule has 19 heavy (non-hydrogen) atoms. The van der Waals surface area contributed by atoms with Crippen LogP contribution in [0.5, 0.6) is 0 Å². The average Bonchev–Trinajstić information content (AvgIpc) is 2.45. The van der Waals surface area contributed by atoms with Crippen LogP contribution in [0.4, 0.5) is 5.69 Å². The predicted octanol–water partition coefficient (Wildman–Crippen LogP) is 2.28. The summed E-state index contributed by atoms with van der Waals surface area (Å²) >= 11 is 5.70. The fourth-order valence-electron chi connectivity index (χ4n) is 1.52. The van der Waals surface area contributed by atoms with E-state index in [4.69, 9.17) is 16.9 Å². The Morgan fingerprint density at radius 2 is 2.21 bits per heavy atom. The first-order chi connectivity index (χ1) is 9.11. The van der Waals surface area contributed by atoms with E-state index in [0.717, 1.165) is 0 Å². The highest BCUT2D eigenvalue weighted by molar-refractivity contribution is 6.29. The minimum Gasteiger partial charge on any atom is -0.310 e. The van der Waals surface area contributed by atoms with Crippen LogP contribution in [0.1, 0.15) is 16.1 Å². The Kier molecular flexibility index (Phi) is 3.74. The van der Waals surface area contributed by atoms with Crippen molar-refractivity contribution in [1.29, 1.82) is 5.26 Å². The largest absolute Gasteiger partial charge is 0.310 e. The van der Waals surface area contributed by atoms with E-state index < -0.39 is 0 Å². The van der Waals surface area contributed by atoms with Gasteiger partial charge in [0.1, 0.15) is 10.8 Å². The minimum atomic E-state index is -0.343. The quantitative estimate of drug-likeness (QED) is 0.841. The molecule has 0 fully saturated rings. The lowest BCUT2D eigenvalue weighted by Crippen LogP contribution is -2.27. The second kappa shape index (κ2) is 5.46. The summed E-state index contributed by atoms with van der Waals surface area (Å²) in [5, 5.41) is 9.00. The van der Waals surface area contributed by atoms with E-state index in [2.05, 4.69) is 9.97 Å². The van der Waals surface area contributed by atoms with E-state index in [9.17, 15) is 4.79 Å². The molecule has 0 aliphatic heterocycles. The van der Waals surface area contributed by atoms with Crippen LogP contribution in [0.2, 0.25) is 5.15 Å². The zero-order chi connectivity index (χ0) is 13.8. The van der Waals surface area contributed by atoms with Gasteiger partial charge in [0.05, 0.1) is 24.0 Å². The van der Waals surface area contributed by atoms with Gasteiger partial charge in [0.25, 0.3) is 5.91 Å².